The Kier molecular flexibility index (Phi) is 3.37. The van der Waals surface area contributed by atoms with Crippen LogP contribution >= 0.6 is 11.6 Å². The van der Waals surface area contributed by atoms with Crippen molar-refractivity contribution >= 4 is 17.6 Å². The van der Waals surface area contributed by atoms with Gasteiger partial charge in [-0.3, -0.25) is 0 Å². The molecule has 19 heavy (non-hydrogen) atoms. The van der Waals surface area contributed by atoms with E-state index >= 15 is 0 Å². The summed E-state index contributed by atoms with van der Waals surface area (Å²) in [6.45, 7) is 5.84. The summed E-state index contributed by atoms with van der Waals surface area (Å²) in [7, 11) is 0. The average Bonchev–Trinajstić information content (AvgIpc) is 2.73. The number of carboxylic acid groups (broad SMARTS) is 1. The van der Waals surface area contributed by atoms with Gasteiger partial charge in [-0.1, -0.05) is 44.5 Å². The molecular formula is C14H15ClN2O2. The Morgan fingerprint density at radius 3 is 2.47 bits per heavy atom. The van der Waals surface area contributed by atoms with E-state index in [1.165, 1.54) is 6.20 Å². The zero-order valence-corrected chi connectivity index (χ0v) is 11.8. The maximum Gasteiger partial charge on any atom is 0.339 e. The Bertz CT molecular complexity index is 627. The summed E-state index contributed by atoms with van der Waals surface area (Å²) in [4.78, 5) is 11.3. The topological polar surface area (TPSA) is 55.1 Å². The molecule has 0 aliphatic carbocycles. The van der Waals surface area contributed by atoms with Crippen LogP contribution in [0, 0.1) is 0 Å². The first kappa shape index (κ1) is 13.6. The molecule has 100 valence electrons. The van der Waals surface area contributed by atoms with Gasteiger partial charge in [0, 0.05) is 5.41 Å². The van der Waals surface area contributed by atoms with Crippen LogP contribution in [0.3, 0.4) is 0 Å². The molecule has 0 aliphatic heterocycles. The number of benzene rings is 1. The number of carbonyl (C=O) groups is 1. The van der Waals surface area contributed by atoms with Gasteiger partial charge in [-0.05, 0) is 12.1 Å². The molecule has 1 aromatic carbocycles. The maximum absolute atomic E-state index is 11.3. The van der Waals surface area contributed by atoms with E-state index in [9.17, 15) is 9.90 Å². The maximum atomic E-state index is 11.3. The van der Waals surface area contributed by atoms with E-state index in [1.54, 1.807) is 10.7 Å². The zero-order valence-electron chi connectivity index (χ0n) is 11.0. The van der Waals surface area contributed by atoms with Crippen molar-refractivity contribution in [2.75, 3.05) is 0 Å². The first-order valence-electron chi connectivity index (χ1n) is 5.89. The molecule has 0 spiro atoms. The summed E-state index contributed by atoms with van der Waals surface area (Å²) in [6, 6.07) is 7.24. The van der Waals surface area contributed by atoms with Crippen molar-refractivity contribution in [3.05, 3.63) is 46.7 Å². The highest BCUT2D eigenvalue weighted by molar-refractivity contribution is 6.32. The van der Waals surface area contributed by atoms with E-state index in [-0.39, 0.29) is 11.0 Å². The molecule has 2 rings (SSSR count). The average molecular weight is 279 g/mol. The van der Waals surface area contributed by atoms with Crippen molar-refractivity contribution in [1.82, 2.24) is 9.78 Å². The molecule has 0 atom stereocenters. The minimum absolute atomic E-state index is 0.201. The molecule has 0 unspecified atom stereocenters. The van der Waals surface area contributed by atoms with Crippen LogP contribution in [0.25, 0.3) is 5.69 Å². The minimum atomic E-state index is -0.983. The molecule has 1 N–H and O–H groups in total. The van der Waals surface area contributed by atoms with Crippen LogP contribution in [0.5, 0.6) is 0 Å². The van der Waals surface area contributed by atoms with E-state index in [1.807, 2.05) is 39.0 Å². The van der Waals surface area contributed by atoms with Gasteiger partial charge in [-0.15, -0.1) is 0 Å². The number of hydrogen-bond acceptors (Lipinski definition) is 2. The molecule has 1 heterocycles. The number of aromatic carboxylic acids is 1. The van der Waals surface area contributed by atoms with Gasteiger partial charge >= 0.3 is 5.97 Å². The van der Waals surface area contributed by atoms with Gasteiger partial charge in [-0.2, -0.15) is 5.10 Å². The second kappa shape index (κ2) is 4.70. The largest absolute Gasteiger partial charge is 0.478 e. The molecule has 0 amide bonds. The molecule has 0 fully saturated rings. The van der Waals surface area contributed by atoms with Gasteiger partial charge < -0.3 is 5.11 Å². The third-order valence-corrected chi connectivity index (χ3v) is 3.11. The third kappa shape index (κ3) is 2.49. The fourth-order valence-electron chi connectivity index (χ4n) is 2.03. The summed E-state index contributed by atoms with van der Waals surface area (Å²) in [6.07, 6.45) is 1.37. The van der Waals surface area contributed by atoms with E-state index in [0.717, 1.165) is 0 Å². The van der Waals surface area contributed by atoms with Gasteiger partial charge in [0.2, 0.25) is 0 Å². The lowest BCUT2D eigenvalue weighted by Crippen LogP contribution is -2.21. The SMILES string of the molecule is CC(C)(C)c1c(C(=O)O)cnn1-c1ccccc1Cl. The van der Waals surface area contributed by atoms with Crippen LogP contribution in [0.15, 0.2) is 30.5 Å². The van der Waals surface area contributed by atoms with Crippen molar-refractivity contribution in [2.24, 2.45) is 0 Å². The molecule has 0 saturated heterocycles. The van der Waals surface area contributed by atoms with Gasteiger partial charge in [0.25, 0.3) is 0 Å². The fourth-order valence-corrected chi connectivity index (χ4v) is 2.25. The van der Waals surface area contributed by atoms with Crippen LogP contribution in [0.4, 0.5) is 0 Å². The summed E-state index contributed by atoms with van der Waals surface area (Å²) >= 11 is 6.16. The van der Waals surface area contributed by atoms with Gasteiger partial charge in [0.05, 0.1) is 22.6 Å². The second-order valence-electron chi connectivity index (χ2n) is 5.33. The Morgan fingerprint density at radius 2 is 1.95 bits per heavy atom. The number of para-hydroxylation sites is 1. The first-order valence-corrected chi connectivity index (χ1v) is 6.27. The molecular weight excluding hydrogens is 264 g/mol. The van der Waals surface area contributed by atoms with Crippen molar-refractivity contribution in [1.29, 1.82) is 0 Å². The molecule has 1 aromatic heterocycles. The monoisotopic (exact) mass is 278 g/mol. The Hall–Kier alpha value is -1.81. The van der Waals surface area contributed by atoms with Crippen molar-refractivity contribution in [3.63, 3.8) is 0 Å². The molecule has 0 saturated carbocycles. The lowest BCUT2D eigenvalue weighted by molar-refractivity contribution is 0.0694. The van der Waals surface area contributed by atoms with Crippen LogP contribution in [-0.2, 0) is 5.41 Å². The quantitative estimate of drug-likeness (QED) is 0.914. The number of aromatic nitrogens is 2. The van der Waals surface area contributed by atoms with Gasteiger partial charge in [0.15, 0.2) is 0 Å². The molecule has 0 bridgehead atoms. The number of carboxylic acids is 1. The number of rotatable bonds is 2. The van der Waals surface area contributed by atoms with Crippen LogP contribution in [0.1, 0.15) is 36.8 Å². The van der Waals surface area contributed by atoms with Gasteiger partial charge in [-0.25, -0.2) is 9.48 Å². The summed E-state index contributed by atoms with van der Waals surface area (Å²) in [5, 5.41) is 14.0. The number of nitrogens with zero attached hydrogens (tertiary/aromatic N) is 2. The van der Waals surface area contributed by atoms with Crippen LogP contribution in [0.2, 0.25) is 5.02 Å². The molecule has 2 aromatic rings. The van der Waals surface area contributed by atoms with Crippen molar-refractivity contribution < 1.29 is 9.90 Å². The van der Waals surface area contributed by atoms with E-state index in [4.69, 9.17) is 11.6 Å². The van der Waals surface area contributed by atoms with Crippen LogP contribution < -0.4 is 0 Å². The van der Waals surface area contributed by atoms with Crippen molar-refractivity contribution in [3.8, 4) is 5.69 Å². The Morgan fingerprint density at radius 1 is 1.32 bits per heavy atom. The van der Waals surface area contributed by atoms with E-state index in [2.05, 4.69) is 5.10 Å². The highest BCUT2D eigenvalue weighted by Crippen LogP contribution is 2.30. The van der Waals surface area contributed by atoms with Crippen molar-refractivity contribution in [2.45, 2.75) is 26.2 Å². The fraction of sp³-hybridized carbons (Fsp3) is 0.286. The first-order chi connectivity index (χ1) is 8.82. The molecule has 0 aliphatic rings. The lowest BCUT2D eigenvalue weighted by Gasteiger charge is -2.22. The Labute approximate surface area is 116 Å². The van der Waals surface area contributed by atoms with Crippen LogP contribution in [-0.4, -0.2) is 20.9 Å². The number of halogens is 1. The highest BCUT2D eigenvalue weighted by Gasteiger charge is 2.28. The minimum Gasteiger partial charge on any atom is -0.478 e. The second-order valence-corrected chi connectivity index (χ2v) is 5.73. The van der Waals surface area contributed by atoms with E-state index in [0.29, 0.717) is 16.4 Å². The normalized spacial score (nSPS) is 11.6. The smallest absolute Gasteiger partial charge is 0.339 e. The van der Waals surface area contributed by atoms with E-state index < -0.39 is 5.97 Å². The highest BCUT2D eigenvalue weighted by atomic mass is 35.5. The molecule has 0 radical (unpaired) electrons. The third-order valence-electron chi connectivity index (χ3n) is 2.79. The predicted molar refractivity (Wildman–Crippen MR) is 74.2 cm³/mol. The summed E-state index contributed by atoms with van der Waals surface area (Å²) < 4.78 is 1.60. The lowest BCUT2D eigenvalue weighted by atomic mass is 9.89. The molecule has 5 heteroatoms. The summed E-state index contributed by atoms with van der Waals surface area (Å²) in [5.41, 5.74) is 1.16. The zero-order chi connectivity index (χ0) is 14.2. The molecule has 4 nitrogen and oxygen atoms in total. The predicted octanol–water partition coefficient (Wildman–Crippen LogP) is 3.52. The number of hydrogen-bond donors (Lipinski definition) is 1. The Balaban J connectivity index is 2.73. The standard InChI is InChI=1S/C14H15ClN2O2/c1-14(2,3)12-9(13(18)19)8-16-17(12)11-7-5-4-6-10(11)15/h4-8H,1-3H3,(H,18,19). The summed E-state index contributed by atoms with van der Waals surface area (Å²) in [5.74, 6) is -0.983. The van der Waals surface area contributed by atoms with Gasteiger partial charge in [0.1, 0.15) is 5.56 Å².